The van der Waals surface area contributed by atoms with E-state index in [0.29, 0.717) is 11.4 Å². The maximum absolute atomic E-state index is 11.0. The molecule has 4 heteroatoms. The number of nitrogens with zero attached hydrogens (tertiary/aromatic N) is 1. The van der Waals surface area contributed by atoms with E-state index >= 15 is 0 Å². The molecule has 4 nitrogen and oxygen atoms in total. The highest BCUT2D eigenvalue weighted by Crippen LogP contribution is 2.24. The largest absolute Gasteiger partial charge is 0.439 e. The second-order valence-electron chi connectivity index (χ2n) is 5.28. The molecule has 116 valence electrons. The van der Waals surface area contributed by atoms with E-state index in [2.05, 4.69) is 31.0 Å². The maximum atomic E-state index is 11.0. The molecule has 0 aliphatic heterocycles. The molecule has 1 amide bonds. The lowest BCUT2D eigenvalue weighted by atomic mass is 9.99. The van der Waals surface area contributed by atoms with Crippen LogP contribution in [0.4, 0.5) is 0 Å². The van der Waals surface area contributed by atoms with Crippen LogP contribution in [-0.4, -0.2) is 10.9 Å². The third-order valence-corrected chi connectivity index (χ3v) is 3.46. The first kappa shape index (κ1) is 16.0. The minimum Gasteiger partial charge on any atom is -0.439 e. The van der Waals surface area contributed by atoms with Crippen molar-refractivity contribution in [3.8, 4) is 11.6 Å². The molecule has 2 rings (SSSR count). The molecule has 0 bridgehead atoms. The number of pyridine rings is 1. The number of aryl methyl sites for hydroxylation is 2. The van der Waals surface area contributed by atoms with Gasteiger partial charge in [-0.3, -0.25) is 4.79 Å². The van der Waals surface area contributed by atoms with Gasteiger partial charge in [0.15, 0.2) is 0 Å². The highest BCUT2D eigenvalue weighted by atomic mass is 16.5. The molecular formula is C18H22N2O2. The Bertz CT molecular complexity index is 636. The van der Waals surface area contributed by atoms with Gasteiger partial charge in [0.05, 0.1) is 5.56 Å². The number of benzene rings is 1. The smallest absolute Gasteiger partial charge is 0.250 e. The van der Waals surface area contributed by atoms with Gasteiger partial charge in [0.2, 0.25) is 11.8 Å². The molecule has 0 aliphatic carbocycles. The van der Waals surface area contributed by atoms with Crippen LogP contribution in [0.1, 0.15) is 48.2 Å². The Balaban J connectivity index is 2.18. The fraction of sp³-hybridized carbons (Fsp3) is 0.333. The molecule has 1 heterocycles. The van der Waals surface area contributed by atoms with E-state index in [0.717, 1.165) is 31.4 Å². The van der Waals surface area contributed by atoms with Gasteiger partial charge in [-0.1, -0.05) is 32.8 Å². The number of primary amides is 1. The molecule has 0 unspecified atom stereocenters. The van der Waals surface area contributed by atoms with Gasteiger partial charge in [-0.05, 0) is 42.2 Å². The molecule has 0 radical (unpaired) electrons. The number of rotatable bonds is 7. The fourth-order valence-corrected chi connectivity index (χ4v) is 2.39. The number of aromatic nitrogens is 1. The van der Waals surface area contributed by atoms with Crippen LogP contribution in [0.5, 0.6) is 11.6 Å². The number of hydrogen-bond donors (Lipinski definition) is 1. The molecule has 22 heavy (non-hydrogen) atoms. The van der Waals surface area contributed by atoms with Crippen molar-refractivity contribution in [2.75, 3.05) is 0 Å². The summed E-state index contributed by atoms with van der Waals surface area (Å²) in [5.41, 5.74) is 8.28. The van der Waals surface area contributed by atoms with Crippen molar-refractivity contribution in [2.24, 2.45) is 5.73 Å². The Morgan fingerprint density at radius 2 is 1.82 bits per heavy atom. The summed E-state index contributed by atoms with van der Waals surface area (Å²) in [4.78, 5) is 15.1. The second kappa shape index (κ2) is 7.59. The highest BCUT2D eigenvalue weighted by molar-refractivity contribution is 5.92. The van der Waals surface area contributed by atoms with E-state index in [4.69, 9.17) is 10.5 Å². The third-order valence-electron chi connectivity index (χ3n) is 3.46. The van der Waals surface area contributed by atoms with Crippen molar-refractivity contribution in [3.63, 3.8) is 0 Å². The van der Waals surface area contributed by atoms with Gasteiger partial charge in [-0.25, -0.2) is 4.98 Å². The van der Waals surface area contributed by atoms with Crippen LogP contribution >= 0.6 is 0 Å². The van der Waals surface area contributed by atoms with E-state index in [1.165, 1.54) is 17.3 Å². The zero-order chi connectivity index (χ0) is 15.9. The molecule has 0 saturated carbocycles. The Morgan fingerprint density at radius 3 is 2.41 bits per heavy atom. The first-order valence-corrected chi connectivity index (χ1v) is 7.69. The quantitative estimate of drug-likeness (QED) is 0.843. The number of carbonyl (C=O) groups excluding carboxylic acids is 1. The van der Waals surface area contributed by atoms with Gasteiger partial charge in [-0.2, -0.15) is 0 Å². The summed E-state index contributed by atoms with van der Waals surface area (Å²) >= 11 is 0. The van der Waals surface area contributed by atoms with Gasteiger partial charge >= 0.3 is 0 Å². The Kier molecular flexibility index (Phi) is 5.53. The zero-order valence-electron chi connectivity index (χ0n) is 13.1. The van der Waals surface area contributed by atoms with Gasteiger partial charge in [-0.15, -0.1) is 0 Å². The second-order valence-corrected chi connectivity index (χ2v) is 5.28. The molecule has 1 aromatic heterocycles. The van der Waals surface area contributed by atoms with Crippen LogP contribution < -0.4 is 10.5 Å². The zero-order valence-corrected chi connectivity index (χ0v) is 13.1. The summed E-state index contributed by atoms with van der Waals surface area (Å²) in [6.07, 6.45) is 5.79. The highest BCUT2D eigenvalue weighted by Gasteiger charge is 2.06. The van der Waals surface area contributed by atoms with Gasteiger partial charge < -0.3 is 10.5 Å². The van der Waals surface area contributed by atoms with Crippen LogP contribution in [0.15, 0.2) is 36.5 Å². The Hall–Kier alpha value is -2.36. The van der Waals surface area contributed by atoms with Crippen LogP contribution in [-0.2, 0) is 12.8 Å². The van der Waals surface area contributed by atoms with Crippen molar-refractivity contribution >= 4 is 5.91 Å². The lowest BCUT2D eigenvalue weighted by Crippen LogP contribution is -2.10. The normalized spacial score (nSPS) is 10.5. The average molecular weight is 298 g/mol. The SMILES string of the molecule is CCCc1ccc(Oc2ccc(C(N)=O)cn2)cc1CCC. The summed E-state index contributed by atoms with van der Waals surface area (Å²) in [7, 11) is 0. The third kappa shape index (κ3) is 4.07. The monoisotopic (exact) mass is 298 g/mol. The summed E-state index contributed by atoms with van der Waals surface area (Å²) < 4.78 is 5.77. The Labute approximate surface area is 131 Å². The van der Waals surface area contributed by atoms with Crippen LogP contribution in [0.25, 0.3) is 0 Å². The van der Waals surface area contributed by atoms with Crippen molar-refractivity contribution in [3.05, 3.63) is 53.2 Å². The molecule has 1 aromatic carbocycles. The molecule has 0 spiro atoms. The number of nitrogens with two attached hydrogens (primary N) is 1. The number of ether oxygens (including phenoxy) is 1. The van der Waals surface area contributed by atoms with Crippen molar-refractivity contribution in [1.82, 2.24) is 4.98 Å². The van der Waals surface area contributed by atoms with E-state index < -0.39 is 5.91 Å². The minimum absolute atomic E-state index is 0.373. The predicted molar refractivity (Wildman–Crippen MR) is 87.3 cm³/mol. The molecule has 0 saturated heterocycles. The molecule has 0 atom stereocenters. The van der Waals surface area contributed by atoms with Crippen LogP contribution in [0.3, 0.4) is 0 Å². The van der Waals surface area contributed by atoms with Crippen LogP contribution in [0, 0.1) is 0 Å². The molecule has 2 aromatic rings. The maximum Gasteiger partial charge on any atom is 0.250 e. The summed E-state index contributed by atoms with van der Waals surface area (Å²) in [5.74, 6) is 0.728. The topological polar surface area (TPSA) is 65.2 Å². The van der Waals surface area contributed by atoms with Crippen LogP contribution in [0.2, 0.25) is 0 Å². The first-order chi connectivity index (χ1) is 10.6. The van der Waals surface area contributed by atoms with Gasteiger partial charge in [0.1, 0.15) is 5.75 Å². The summed E-state index contributed by atoms with van der Waals surface area (Å²) in [6.45, 7) is 4.36. The predicted octanol–water partition coefficient (Wildman–Crippen LogP) is 3.88. The molecule has 0 fully saturated rings. The van der Waals surface area contributed by atoms with E-state index in [1.54, 1.807) is 12.1 Å². The lowest BCUT2D eigenvalue weighted by molar-refractivity contribution is 0.1000. The summed E-state index contributed by atoms with van der Waals surface area (Å²) in [6, 6.07) is 9.44. The van der Waals surface area contributed by atoms with Gasteiger partial charge in [0, 0.05) is 12.3 Å². The number of carbonyl (C=O) groups is 1. The van der Waals surface area contributed by atoms with Gasteiger partial charge in [0.25, 0.3) is 0 Å². The standard InChI is InChI=1S/C18H22N2O2/c1-3-5-13-7-9-16(11-14(13)6-4-2)22-17-10-8-15(12-20-17)18(19)21/h7-12H,3-6H2,1-2H3,(H2,19,21). The average Bonchev–Trinajstić information content (AvgIpc) is 2.51. The van der Waals surface area contributed by atoms with E-state index in [9.17, 15) is 4.79 Å². The molecule has 0 aliphatic rings. The van der Waals surface area contributed by atoms with Crippen molar-refractivity contribution in [1.29, 1.82) is 0 Å². The van der Waals surface area contributed by atoms with E-state index in [-0.39, 0.29) is 0 Å². The first-order valence-electron chi connectivity index (χ1n) is 7.69. The fourth-order valence-electron chi connectivity index (χ4n) is 2.39. The summed E-state index contributed by atoms with van der Waals surface area (Å²) in [5, 5.41) is 0. The van der Waals surface area contributed by atoms with Crippen molar-refractivity contribution < 1.29 is 9.53 Å². The molecule has 2 N–H and O–H groups in total. The molecular weight excluding hydrogens is 276 g/mol. The van der Waals surface area contributed by atoms with E-state index in [1.807, 2.05) is 6.07 Å². The number of amides is 1. The number of hydrogen-bond acceptors (Lipinski definition) is 3. The minimum atomic E-state index is -0.492. The Morgan fingerprint density at radius 1 is 1.09 bits per heavy atom. The lowest BCUT2D eigenvalue weighted by Gasteiger charge is -2.11. The van der Waals surface area contributed by atoms with Crippen molar-refractivity contribution in [2.45, 2.75) is 39.5 Å².